The van der Waals surface area contributed by atoms with Gasteiger partial charge in [-0.1, -0.05) is 0 Å². The second-order valence-electron chi connectivity index (χ2n) is 4.22. The number of fused-ring (bicyclic) bond motifs is 1. The van der Waals surface area contributed by atoms with Gasteiger partial charge in [0.2, 0.25) is 0 Å². The van der Waals surface area contributed by atoms with Crippen molar-refractivity contribution in [3.63, 3.8) is 0 Å². The predicted molar refractivity (Wildman–Crippen MR) is 67.5 cm³/mol. The maximum Gasteiger partial charge on any atom is 0.170 e. The van der Waals surface area contributed by atoms with Gasteiger partial charge in [-0.15, -0.1) is 5.10 Å². The molecule has 1 aromatic heterocycles. The molecule has 7 nitrogen and oxygen atoms in total. The van der Waals surface area contributed by atoms with Gasteiger partial charge in [-0.3, -0.25) is 0 Å². The summed E-state index contributed by atoms with van der Waals surface area (Å²) >= 11 is 0. The fourth-order valence-corrected chi connectivity index (χ4v) is 1.96. The van der Waals surface area contributed by atoms with Crippen molar-refractivity contribution >= 4 is 0 Å². The van der Waals surface area contributed by atoms with Crippen molar-refractivity contribution < 1.29 is 9.47 Å². The fourth-order valence-electron chi connectivity index (χ4n) is 1.96. The van der Waals surface area contributed by atoms with Crippen LogP contribution in [0.1, 0.15) is 12.2 Å². The quantitative estimate of drug-likeness (QED) is 0.869. The first kappa shape index (κ1) is 11.9. The van der Waals surface area contributed by atoms with Gasteiger partial charge in [-0.05, 0) is 29.6 Å². The lowest BCUT2D eigenvalue weighted by Crippen LogP contribution is -2.12. The molecule has 19 heavy (non-hydrogen) atoms. The summed E-state index contributed by atoms with van der Waals surface area (Å²) < 4.78 is 13.0. The van der Waals surface area contributed by atoms with Crippen LogP contribution in [0.4, 0.5) is 0 Å². The van der Waals surface area contributed by atoms with Crippen molar-refractivity contribution in [1.82, 2.24) is 25.5 Å². The zero-order chi connectivity index (χ0) is 13.1. The molecule has 100 valence electrons. The van der Waals surface area contributed by atoms with E-state index in [0.29, 0.717) is 19.8 Å². The van der Waals surface area contributed by atoms with Gasteiger partial charge < -0.3 is 14.8 Å². The number of tetrazole rings is 1. The lowest BCUT2D eigenvalue weighted by Gasteiger charge is -2.10. The molecule has 0 radical (unpaired) electrons. The number of rotatable bonds is 3. The normalized spacial score (nSPS) is 14.2. The molecule has 0 saturated carbocycles. The molecule has 0 bridgehead atoms. The number of nitrogens with zero attached hydrogens (tertiary/aromatic N) is 4. The van der Waals surface area contributed by atoms with Crippen LogP contribution in [0, 0.1) is 0 Å². The van der Waals surface area contributed by atoms with E-state index >= 15 is 0 Å². The van der Waals surface area contributed by atoms with E-state index in [4.69, 9.17) is 9.47 Å². The molecule has 7 heteroatoms. The molecule has 0 unspecified atom stereocenters. The molecule has 0 saturated heterocycles. The minimum absolute atomic E-state index is 0.599. The van der Waals surface area contributed by atoms with Crippen LogP contribution in [0.2, 0.25) is 0 Å². The molecule has 0 aliphatic carbocycles. The monoisotopic (exact) mass is 261 g/mol. The van der Waals surface area contributed by atoms with Crippen molar-refractivity contribution in [3.8, 4) is 17.2 Å². The van der Waals surface area contributed by atoms with E-state index in [1.165, 1.54) is 0 Å². The average Bonchev–Trinajstić information content (AvgIpc) is 2.76. The summed E-state index contributed by atoms with van der Waals surface area (Å²) in [4.78, 5) is 0. The van der Waals surface area contributed by atoms with Gasteiger partial charge in [0.1, 0.15) is 0 Å². The number of aromatic nitrogens is 4. The predicted octanol–water partition coefficient (Wildman–Crippen LogP) is 0.543. The molecule has 0 amide bonds. The first-order chi connectivity index (χ1) is 9.38. The molecule has 1 aromatic carbocycles. The van der Waals surface area contributed by atoms with E-state index in [0.717, 1.165) is 29.4 Å². The van der Waals surface area contributed by atoms with E-state index in [-0.39, 0.29) is 0 Å². The summed E-state index contributed by atoms with van der Waals surface area (Å²) in [5.41, 5.74) is 0.861. The third-order valence-electron chi connectivity index (χ3n) is 2.84. The standard InChI is InChI=1S/C12H15N5O2/c1-13-8-12-14-15-16-17(12)9-3-4-10-11(7-9)19-6-2-5-18-10/h3-4,7,13H,2,5-6,8H2,1H3. The van der Waals surface area contributed by atoms with Crippen LogP contribution in [-0.4, -0.2) is 40.5 Å². The number of benzene rings is 1. The highest BCUT2D eigenvalue weighted by Gasteiger charge is 2.13. The first-order valence-electron chi connectivity index (χ1n) is 6.20. The highest BCUT2D eigenvalue weighted by atomic mass is 16.5. The Morgan fingerprint density at radius 1 is 1.26 bits per heavy atom. The van der Waals surface area contributed by atoms with Crippen LogP contribution >= 0.6 is 0 Å². The second-order valence-corrected chi connectivity index (χ2v) is 4.22. The largest absolute Gasteiger partial charge is 0.490 e. The highest BCUT2D eigenvalue weighted by Crippen LogP contribution is 2.31. The number of nitrogens with one attached hydrogen (secondary N) is 1. The second kappa shape index (κ2) is 5.23. The van der Waals surface area contributed by atoms with Gasteiger partial charge in [-0.25, -0.2) is 0 Å². The summed E-state index contributed by atoms with van der Waals surface area (Å²) in [5, 5.41) is 14.7. The Balaban J connectivity index is 1.97. The summed E-state index contributed by atoms with van der Waals surface area (Å²) in [7, 11) is 1.85. The van der Waals surface area contributed by atoms with Crippen molar-refractivity contribution in [1.29, 1.82) is 0 Å². The zero-order valence-corrected chi connectivity index (χ0v) is 10.7. The summed E-state index contributed by atoms with van der Waals surface area (Å²) in [6.07, 6.45) is 0.889. The maximum absolute atomic E-state index is 5.66. The summed E-state index contributed by atoms with van der Waals surface area (Å²) in [5.74, 6) is 2.25. The minimum Gasteiger partial charge on any atom is -0.490 e. The van der Waals surface area contributed by atoms with Crippen LogP contribution in [-0.2, 0) is 6.54 Å². The Hall–Kier alpha value is -2.15. The molecule has 1 aliphatic rings. The van der Waals surface area contributed by atoms with Gasteiger partial charge >= 0.3 is 0 Å². The van der Waals surface area contributed by atoms with Gasteiger partial charge in [0, 0.05) is 12.5 Å². The molecule has 0 atom stereocenters. The molecule has 3 rings (SSSR count). The first-order valence-corrected chi connectivity index (χ1v) is 6.20. The highest BCUT2D eigenvalue weighted by molar-refractivity contribution is 5.49. The van der Waals surface area contributed by atoms with E-state index in [1.807, 2.05) is 25.2 Å². The lowest BCUT2D eigenvalue weighted by atomic mass is 10.2. The van der Waals surface area contributed by atoms with Crippen LogP contribution in [0.15, 0.2) is 18.2 Å². The van der Waals surface area contributed by atoms with Gasteiger partial charge in [0.05, 0.1) is 25.4 Å². The van der Waals surface area contributed by atoms with E-state index in [9.17, 15) is 0 Å². The molecule has 2 aromatic rings. The van der Waals surface area contributed by atoms with Gasteiger partial charge in [-0.2, -0.15) is 4.68 Å². The third-order valence-corrected chi connectivity index (χ3v) is 2.84. The Morgan fingerprint density at radius 2 is 2.11 bits per heavy atom. The molecular formula is C12H15N5O2. The zero-order valence-electron chi connectivity index (χ0n) is 10.7. The topological polar surface area (TPSA) is 74.1 Å². The Morgan fingerprint density at radius 3 is 2.95 bits per heavy atom. The van der Waals surface area contributed by atoms with Crippen molar-refractivity contribution in [2.75, 3.05) is 20.3 Å². The van der Waals surface area contributed by atoms with E-state index in [1.54, 1.807) is 4.68 Å². The molecule has 0 spiro atoms. The smallest absolute Gasteiger partial charge is 0.170 e. The van der Waals surface area contributed by atoms with Crippen LogP contribution in [0.25, 0.3) is 5.69 Å². The van der Waals surface area contributed by atoms with Crippen molar-refractivity contribution in [2.45, 2.75) is 13.0 Å². The SMILES string of the molecule is CNCc1nnnn1-c1ccc2c(c1)OCCCO2. The molecule has 1 aliphatic heterocycles. The van der Waals surface area contributed by atoms with Crippen LogP contribution < -0.4 is 14.8 Å². The number of hydrogen-bond donors (Lipinski definition) is 1. The molecule has 2 heterocycles. The van der Waals surface area contributed by atoms with Crippen molar-refractivity contribution in [2.24, 2.45) is 0 Å². The van der Waals surface area contributed by atoms with E-state index in [2.05, 4.69) is 20.8 Å². The molecular weight excluding hydrogens is 246 g/mol. The van der Waals surface area contributed by atoms with Gasteiger partial charge in [0.25, 0.3) is 0 Å². The minimum atomic E-state index is 0.599. The third kappa shape index (κ3) is 2.37. The Labute approximate surface area is 110 Å². The fraction of sp³-hybridized carbons (Fsp3) is 0.417. The molecule has 1 N–H and O–H groups in total. The Bertz CT molecular complexity index is 569. The summed E-state index contributed by atoms with van der Waals surface area (Å²) in [6.45, 7) is 1.94. The maximum atomic E-state index is 5.66. The van der Waals surface area contributed by atoms with Crippen LogP contribution in [0.3, 0.4) is 0 Å². The average molecular weight is 261 g/mol. The summed E-state index contributed by atoms with van der Waals surface area (Å²) in [6, 6.07) is 5.71. The number of hydrogen-bond acceptors (Lipinski definition) is 6. The number of ether oxygens (including phenoxy) is 2. The lowest BCUT2D eigenvalue weighted by molar-refractivity contribution is 0.297. The van der Waals surface area contributed by atoms with Gasteiger partial charge in [0.15, 0.2) is 17.3 Å². The van der Waals surface area contributed by atoms with Crippen LogP contribution in [0.5, 0.6) is 11.5 Å². The Kier molecular flexibility index (Phi) is 3.28. The van der Waals surface area contributed by atoms with Crippen molar-refractivity contribution in [3.05, 3.63) is 24.0 Å². The molecule has 0 fully saturated rings. The van der Waals surface area contributed by atoms with E-state index < -0.39 is 0 Å².